The van der Waals surface area contributed by atoms with Crippen molar-refractivity contribution >= 4 is 10.0 Å². The minimum atomic E-state index is -3.17. The number of piperidine rings is 1. The number of rotatable bonds is 6. The zero-order valence-electron chi connectivity index (χ0n) is 14.6. The number of hydrogen-bond donors (Lipinski definition) is 1. The van der Waals surface area contributed by atoms with Gasteiger partial charge in [-0.3, -0.25) is 0 Å². The van der Waals surface area contributed by atoms with E-state index in [2.05, 4.69) is 22.4 Å². The molecule has 7 nitrogen and oxygen atoms in total. The molecule has 23 heavy (non-hydrogen) atoms. The first-order chi connectivity index (χ1) is 10.8. The SMILES string of the molecule is CCc1noc(C(C)NC2CCN(S(=O)(=O)C(C)C)CC2C)n1. The summed E-state index contributed by atoms with van der Waals surface area (Å²) in [6.45, 7) is 10.6. The molecular weight excluding hydrogens is 316 g/mol. The number of aryl methyl sites for hydroxylation is 1. The summed E-state index contributed by atoms with van der Waals surface area (Å²) in [5.41, 5.74) is 0. The molecule has 2 heterocycles. The Morgan fingerprint density at radius 1 is 1.39 bits per heavy atom. The molecule has 0 aromatic carbocycles. The predicted molar refractivity (Wildman–Crippen MR) is 88.4 cm³/mol. The molecule has 1 aromatic rings. The molecule has 132 valence electrons. The molecule has 1 aromatic heterocycles. The lowest BCUT2D eigenvalue weighted by molar-refractivity contribution is 0.199. The van der Waals surface area contributed by atoms with Gasteiger partial charge < -0.3 is 9.84 Å². The van der Waals surface area contributed by atoms with Gasteiger partial charge in [0.05, 0.1) is 11.3 Å². The van der Waals surface area contributed by atoms with E-state index in [1.165, 1.54) is 0 Å². The van der Waals surface area contributed by atoms with Gasteiger partial charge in [0.1, 0.15) is 0 Å². The number of nitrogens with zero attached hydrogens (tertiary/aromatic N) is 3. The number of nitrogens with one attached hydrogen (secondary N) is 1. The van der Waals surface area contributed by atoms with Gasteiger partial charge in [0.25, 0.3) is 0 Å². The van der Waals surface area contributed by atoms with Crippen molar-refractivity contribution in [2.45, 2.75) is 64.8 Å². The lowest BCUT2D eigenvalue weighted by atomic mass is 9.94. The van der Waals surface area contributed by atoms with Crippen LogP contribution in [0, 0.1) is 5.92 Å². The van der Waals surface area contributed by atoms with E-state index in [-0.39, 0.29) is 23.3 Å². The van der Waals surface area contributed by atoms with Gasteiger partial charge in [-0.25, -0.2) is 12.7 Å². The molecule has 0 amide bonds. The van der Waals surface area contributed by atoms with E-state index >= 15 is 0 Å². The summed E-state index contributed by atoms with van der Waals surface area (Å²) in [5, 5.41) is 7.05. The standard InChI is InChI=1S/C15H28N4O3S/c1-6-14-17-15(22-18-14)12(5)16-13-7-8-19(9-11(13)4)23(20,21)10(2)3/h10-13,16H,6-9H2,1-5H3. The fourth-order valence-electron chi connectivity index (χ4n) is 2.86. The van der Waals surface area contributed by atoms with Crippen LogP contribution in [0.15, 0.2) is 4.52 Å². The third-order valence-corrected chi connectivity index (χ3v) is 6.70. The van der Waals surface area contributed by atoms with Gasteiger partial charge >= 0.3 is 0 Å². The largest absolute Gasteiger partial charge is 0.338 e. The average Bonchev–Trinajstić information content (AvgIpc) is 2.98. The Bertz CT molecular complexity index is 614. The Morgan fingerprint density at radius 2 is 2.09 bits per heavy atom. The first-order valence-electron chi connectivity index (χ1n) is 8.33. The monoisotopic (exact) mass is 344 g/mol. The second-order valence-electron chi connectivity index (χ2n) is 6.61. The average molecular weight is 344 g/mol. The second kappa shape index (κ2) is 7.27. The highest BCUT2D eigenvalue weighted by atomic mass is 32.2. The molecule has 0 bridgehead atoms. The van der Waals surface area contributed by atoms with Crippen molar-refractivity contribution in [1.29, 1.82) is 0 Å². The minimum absolute atomic E-state index is 0.0384. The van der Waals surface area contributed by atoms with Gasteiger partial charge in [0, 0.05) is 25.6 Å². The maximum absolute atomic E-state index is 12.3. The number of hydrogen-bond acceptors (Lipinski definition) is 6. The van der Waals surface area contributed by atoms with Crippen LogP contribution in [0.5, 0.6) is 0 Å². The number of aromatic nitrogens is 2. The van der Waals surface area contributed by atoms with Crippen LogP contribution in [0.25, 0.3) is 0 Å². The Labute approximate surface area is 138 Å². The van der Waals surface area contributed by atoms with Crippen LogP contribution in [0.3, 0.4) is 0 Å². The molecule has 3 atom stereocenters. The molecule has 1 fully saturated rings. The maximum atomic E-state index is 12.3. The van der Waals surface area contributed by atoms with Crippen molar-refractivity contribution in [2.24, 2.45) is 5.92 Å². The Kier molecular flexibility index (Phi) is 5.80. The van der Waals surface area contributed by atoms with Gasteiger partial charge in [0.15, 0.2) is 5.82 Å². The lowest BCUT2D eigenvalue weighted by Gasteiger charge is -2.38. The second-order valence-corrected chi connectivity index (χ2v) is 9.10. The molecule has 3 unspecified atom stereocenters. The molecule has 1 aliphatic rings. The zero-order valence-corrected chi connectivity index (χ0v) is 15.4. The van der Waals surface area contributed by atoms with Gasteiger partial charge in [-0.15, -0.1) is 0 Å². The van der Waals surface area contributed by atoms with E-state index in [0.29, 0.717) is 24.8 Å². The summed E-state index contributed by atoms with van der Waals surface area (Å²) in [5.74, 6) is 1.53. The summed E-state index contributed by atoms with van der Waals surface area (Å²) in [4.78, 5) is 4.35. The molecule has 1 saturated heterocycles. The Balaban J connectivity index is 1.96. The van der Waals surface area contributed by atoms with Crippen molar-refractivity contribution < 1.29 is 12.9 Å². The summed E-state index contributed by atoms with van der Waals surface area (Å²) in [6, 6.07) is 0.198. The van der Waals surface area contributed by atoms with Gasteiger partial charge in [-0.05, 0) is 33.1 Å². The molecule has 0 spiro atoms. The Morgan fingerprint density at radius 3 is 2.61 bits per heavy atom. The van der Waals surface area contributed by atoms with Gasteiger partial charge in [0.2, 0.25) is 15.9 Å². The predicted octanol–water partition coefficient (Wildman–Crippen LogP) is 1.73. The highest BCUT2D eigenvalue weighted by Gasteiger charge is 2.34. The zero-order chi connectivity index (χ0) is 17.2. The normalized spacial score (nSPS) is 25.0. The van der Waals surface area contributed by atoms with Crippen LogP contribution < -0.4 is 5.32 Å². The van der Waals surface area contributed by atoms with E-state index < -0.39 is 10.0 Å². The summed E-state index contributed by atoms with van der Waals surface area (Å²) >= 11 is 0. The van der Waals surface area contributed by atoms with Crippen LogP contribution in [0.4, 0.5) is 0 Å². The highest BCUT2D eigenvalue weighted by molar-refractivity contribution is 7.89. The van der Waals surface area contributed by atoms with Crippen molar-refractivity contribution in [3.63, 3.8) is 0 Å². The van der Waals surface area contributed by atoms with E-state index in [4.69, 9.17) is 4.52 Å². The van der Waals surface area contributed by atoms with Crippen LogP contribution in [-0.2, 0) is 16.4 Å². The Hall–Kier alpha value is -0.990. The van der Waals surface area contributed by atoms with E-state index in [0.717, 1.165) is 12.8 Å². The van der Waals surface area contributed by atoms with Crippen LogP contribution in [0.2, 0.25) is 0 Å². The third-order valence-electron chi connectivity index (χ3n) is 4.46. The highest BCUT2D eigenvalue weighted by Crippen LogP contribution is 2.24. The van der Waals surface area contributed by atoms with Crippen molar-refractivity contribution in [1.82, 2.24) is 19.8 Å². The first-order valence-corrected chi connectivity index (χ1v) is 9.83. The summed E-state index contributed by atoms with van der Waals surface area (Å²) < 4.78 is 31.5. The molecule has 8 heteroatoms. The fraction of sp³-hybridized carbons (Fsp3) is 0.867. The topological polar surface area (TPSA) is 88.3 Å². The molecule has 1 aliphatic heterocycles. The van der Waals surface area contributed by atoms with E-state index in [1.54, 1.807) is 18.2 Å². The smallest absolute Gasteiger partial charge is 0.243 e. The molecule has 0 saturated carbocycles. The molecular formula is C15H28N4O3S. The van der Waals surface area contributed by atoms with Gasteiger partial charge in [-0.1, -0.05) is 19.0 Å². The molecule has 0 aliphatic carbocycles. The third kappa shape index (κ3) is 4.10. The molecule has 1 N–H and O–H groups in total. The van der Waals surface area contributed by atoms with Crippen LogP contribution >= 0.6 is 0 Å². The van der Waals surface area contributed by atoms with Crippen molar-refractivity contribution in [3.8, 4) is 0 Å². The van der Waals surface area contributed by atoms with Crippen molar-refractivity contribution in [3.05, 3.63) is 11.7 Å². The molecule has 0 radical (unpaired) electrons. The summed E-state index contributed by atoms with van der Waals surface area (Å²) in [7, 11) is -3.17. The quantitative estimate of drug-likeness (QED) is 0.845. The first kappa shape index (κ1) is 18.4. The van der Waals surface area contributed by atoms with E-state index in [1.807, 2.05) is 13.8 Å². The number of sulfonamides is 1. The van der Waals surface area contributed by atoms with Crippen molar-refractivity contribution in [2.75, 3.05) is 13.1 Å². The van der Waals surface area contributed by atoms with Crippen LogP contribution in [0.1, 0.15) is 58.8 Å². The fourth-order valence-corrected chi connectivity index (χ4v) is 4.26. The van der Waals surface area contributed by atoms with E-state index in [9.17, 15) is 8.42 Å². The maximum Gasteiger partial charge on any atom is 0.243 e. The lowest BCUT2D eigenvalue weighted by Crippen LogP contribution is -2.51. The summed E-state index contributed by atoms with van der Waals surface area (Å²) in [6.07, 6.45) is 1.53. The molecule has 2 rings (SSSR count). The van der Waals surface area contributed by atoms with Crippen LogP contribution in [-0.4, -0.2) is 47.2 Å². The minimum Gasteiger partial charge on any atom is -0.338 e. The van der Waals surface area contributed by atoms with Gasteiger partial charge in [-0.2, -0.15) is 4.98 Å².